The van der Waals surface area contributed by atoms with Gasteiger partial charge in [-0.15, -0.1) is 0 Å². The fraction of sp³-hybridized carbons (Fsp3) is 0.400. The van der Waals surface area contributed by atoms with Gasteiger partial charge in [-0.25, -0.2) is 4.98 Å². The second-order valence-corrected chi connectivity index (χ2v) is 5.53. The first-order valence-electron chi connectivity index (χ1n) is 7.00. The number of likely N-dealkylation sites (tertiary alicyclic amines) is 1. The fourth-order valence-electron chi connectivity index (χ4n) is 2.91. The summed E-state index contributed by atoms with van der Waals surface area (Å²) >= 11 is 0. The number of aromatic amines is 1. The maximum atomic E-state index is 12.9. The van der Waals surface area contributed by atoms with Crippen molar-refractivity contribution in [3.8, 4) is 0 Å². The summed E-state index contributed by atoms with van der Waals surface area (Å²) < 4.78 is 38.6. The van der Waals surface area contributed by atoms with E-state index >= 15 is 0 Å². The van der Waals surface area contributed by atoms with Gasteiger partial charge in [0.1, 0.15) is 0 Å². The largest absolute Gasteiger partial charge is 0.416 e. The summed E-state index contributed by atoms with van der Waals surface area (Å²) in [6.45, 7) is 0.942. The van der Waals surface area contributed by atoms with Crippen LogP contribution in [-0.2, 0) is 12.7 Å². The first-order valence-corrected chi connectivity index (χ1v) is 7.00. The third-order valence-corrected chi connectivity index (χ3v) is 3.91. The molecular weight excluding hydrogens is 295 g/mol. The molecule has 1 fully saturated rings. The molecule has 2 aromatic rings. The zero-order valence-electron chi connectivity index (χ0n) is 11.7. The molecular formula is C15H16F3N3O. The molecule has 2 N–H and O–H groups in total. The molecule has 2 heterocycles. The van der Waals surface area contributed by atoms with E-state index in [4.69, 9.17) is 0 Å². The highest BCUT2D eigenvalue weighted by molar-refractivity contribution is 5.29. The highest BCUT2D eigenvalue weighted by Crippen LogP contribution is 2.36. The zero-order valence-corrected chi connectivity index (χ0v) is 11.7. The number of alkyl halides is 3. The van der Waals surface area contributed by atoms with Crippen molar-refractivity contribution in [2.24, 2.45) is 0 Å². The highest BCUT2D eigenvalue weighted by Gasteiger charge is 2.35. The van der Waals surface area contributed by atoms with Crippen LogP contribution in [0.4, 0.5) is 13.2 Å². The lowest BCUT2D eigenvalue weighted by Crippen LogP contribution is -2.24. The number of hydrogen-bond donors (Lipinski definition) is 2. The van der Waals surface area contributed by atoms with Crippen molar-refractivity contribution < 1.29 is 18.3 Å². The van der Waals surface area contributed by atoms with Gasteiger partial charge < -0.3 is 10.1 Å². The van der Waals surface area contributed by atoms with E-state index in [9.17, 15) is 18.3 Å². The van der Waals surface area contributed by atoms with Crippen LogP contribution < -0.4 is 0 Å². The minimum Gasteiger partial charge on any atom is -0.392 e. The predicted molar refractivity (Wildman–Crippen MR) is 73.8 cm³/mol. The number of nitrogens with zero attached hydrogens (tertiary/aromatic N) is 2. The van der Waals surface area contributed by atoms with Gasteiger partial charge in [0.15, 0.2) is 0 Å². The Labute approximate surface area is 125 Å². The van der Waals surface area contributed by atoms with E-state index in [1.165, 1.54) is 12.1 Å². The molecule has 0 saturated carbocycles. The van der Waals surface area contributed by atoms with Crippen molar-refractivity contribution in [3.05, 3.63) is 53.6 Å². The van der Waals surface area contributed by atoms with E-state index in [-0.39, 0.29) is 6.04 Å². The number of halogens is 3. The number of aliphatic hydroxyl groups is 1. The molecule has 0 unspecified atom stereocenters. The molecule has 0 amide bonds. The van der Waals surface area contributed by atoms with Crippen molar-refractivity contribution >= 4 is 0 Å². The van der Waals surface area contributed by atoms with Crippen LogP contribution in [0.15, 0.2) is 36.8 Å². The number of hydrogen-bond acceptors (Lipinski definition) is 3. The van der Waals surface area contributed by atoms with Crippen LogP contribution in [0.2, 0.25) is 0 Å². The van der Waals surface area contributed by atoms with Crippen LogP contribution in [0.25, 0.3) is 0 Å². The Kier molecular flexibility index (Phi) is 3.92. The van der Waals surface area contributed by atoms with Gasteiger partial charge in [0.05, 0.1) is 18.0 Å². The topological polar surface area (TPSA) is 52.1 Å². The van der Waals surface area contributed by atoms with Crippen LogP contribution in [0.5, 0.6) is 0 Å². The monoisotopic (exact) mass is 311 g/mol. The average Bonchev–Trinajstić information content (AvgIpc) is 3.08. The molecule has 0 radical (unpaired) electrons. The molecule has 0 aliphatic carbocycles. The molecule has 1 saturated heterocycles. The van der Waals surface area contributed by atoms with Crippen molar-refractivity contribution in [1.82, 2.24) is 14.9 Å². The van der Waals surface area contributed by atoms with Crippen molar-refractivity contribution in [1.29, 1.82) is 0 Å². The first-order chi connectivity index (χ1) is 10.4. The standard InChI is InChI=1S/C15H16F3N3O/c16-15(17,18)11-3-1-2-10(4-11)14-5-13(22)8-21(14)7-12-6-19-9-20-12/h1-4,6,9,13-14,22H,5,7-8H2,(H,19,20)/t13-,14-/m1/s1. The van der Waals surface area contributed by atoms with Gasteiger partial charge in [0, 0.05) is 31.0 Å². The van der Waals surface area contributed by atoms with Crippen molar-refractivity contribution in [2.45, 2.75) is 31.3 Å². The Morgan fingerprint density at radius 2 is 2.18 bits per heavy atom. The maximum Gasteiger partial charge on any atom is 0.416 e. The molecule has 3 rings (SSSR count). The fourth-order valence-corrected chi connectivity index (χ4v) is 2.91. The Balaban J connectivity index is 1.85. The molecule has 1 aromatic heterocycles. The molecule has 7 heteroatoms. The molecule has 118 valence electrons. The second-order valence-electron chi connectivity index (χ2n) is 5.53. The second kappa shape index (κ2) is 5.73. The Hall–Kier alpha value is -1.86. The average molecular weight is 311 g/mol. The lowest BCUT2D eigenvalue weighted by atomic mass is 10.0. The van der Waals surface area contributed by atoms with E-state index in [1.54, 1.807) is 18.6 Å². The third kappa shape index (κ3) is 3.15. The van der Waals surface area contributed by atoms with Gasteiger partial charge in [0.25, 0.3) is 0 Å². The molecule has 22 heavy (non-hydrogen) atoms. The van der Waals surface area contributed by atoms with Gasteiger partial charge in [-0.3, -0.25) is 4.90 Å². The summed E-state index contributed by atoms with van der Waals surface area (Å²) in [5.41, 5.74) is 0.782. The predicted octanol–water partition coefficient (Wildman–Crippen LogP) is 2.74. The summed E-state index contributed by atoms with van der Waals surface area (Å²) in [4.78, 5) is 8.87. The molecule has 0 bridgehead atoms. The Morgan fingerprint density at radius 3 is 2.86 bits per heavy atom. The van der Waals surface area contributed by atoms with E-state index in [1.807, 2.05) is 4.90 Å². The number of H-pyrrole nitrogens is 1. The number of β-amino-alcohol motifs (C(OH)–C–C–N with tert-alkyl or cyclic N) is 1. The van der Waals surface area contributed by atoms with E-state index in [0.717, 1.165) is 11.8 Å². The van der Waals surface area contributed by atoms with Crippen LogP contribution in [0.1, 0.15) is 29.3 Å². The number of aliphatic hydroxyl groups excluding tert-OH is 1. The van der Waals surface area contributed by atoms with Gasteiger partial charge in [-0.2, -0.15) is 13.2 Å². The van der Waals surface area contributed by atoms with Crippen LogP contribution in [-0.4, -0.2) is 32.6 Å². The van der Waals surface area contributed by atoms with E-state index in [2.05, 4.69) is 9.97 Å². The summed E-state index contributed by atoms with van der Waals surface area (Å²) in [6, 6.07) is 5.09. The lowest BCUT2D eigenvalue weighted by molar-refractivity contribution is -0.137. The Morgan fingerprint density at radius 1 is 1.36 bits per heavy atom. The maximum absolute atomic E-state index is 12.9. The number of aromatic nitrogens is 2. The van der Waals surface area contributed by atoms with Gasteiger partial charge in [-0.1, -0.05) is 12.1 Å². The normalized spacial score (nSPS) is 23.1. The summed E-state index contributed by atoms with van der Waals surface area (Å²) in [7, 11) is 0. The number of benzene rings is 1. The van der Waals surface area contributed by atoms with Gasteiger partial charge in [0.2, 0.25) is 0 Å². The summed E-state index contributed by atoms with van der Waals surface area (Å²) in [5.74, 6) is 0. The third-order valence-electron chi connectivity index (χ3n) is 3.91. The molecule has 0 spiro atoms. The lowest BCUT2D eigenvalue weighted by Gasteiger charge is -2.24. The first kappa shape index (κ1) is 15.1. The minimum atomic E-state index is -4.36. The SMILES string of the molecule is O[C@@H]1C[C@H](c2cccc(C(F)(F)F)c2)N(Cc2cnc[nH]2)C1. The van der Waals surface area contributed by atoms with Gasteiger partial charge >= 0.3 is 6.18 Å². The molecule has 1 aliphatic rings. The minimum absolute atomic E-state index is 0.236. The quantitative estimate of drug-likeness (QED) is 0.916. The van der Waals surface area contributed by atoms with Gasteiger partial charge in [-0.05, 0) is 24.1 Å². The van der Waals surface area contributed by atoms with E-state index in [0.29, 0.717) is 25.1 Å². The Bertz CT molecular complexity index is 627. The molecule has 1 aliphatic heterocycles. The number of nitrogens with one attached hydrogen (secondary N) is 1. The molecule has 2 atom stereocenters. The van der Waals surface area contributed by atoms with Crippen LogP contribution in [0, 0.1) is 0 Å². The van der Waals surface area contributed by atoms with Crippen LogP contribution in [0.3, 0.4) is 0 Å². The van der Waals surface area contributed by atoms with Crippen LogP contribution >= 0.6 is 0 Å². The summed E-state index contributed by atoms with van der Waals surface area (Å²) in [5, 5.41) is 9.90. The molecule has 1 aromatic carbocycles. The number of rotatable bonds is 3. The smallest absolute Gasteiger partial charge is 0.392 e. The summed E-state index contributed by atoms with van der Waals surface area (Å²) in [6.07, 6.45) is -1.24. The highest BCUT2D eigenvalue weighted by atomic mass is 19.4. The van der Waals surface area contributed by atoms with Crippen molar-refractivity contribution in [3.63, 3.8) is 0 Å². The number of imidazole rings is 1. The molecule has 4 nitrogen and oxygen atoms in total. The van der Waals surface area contributed by atoms with Crippen molar-refractivity contribution in [2.75, 3.05) is 6.54 Å². The van der Waals surface area contributed by atoms with E-state index < -0.39 is 17.8 Å². The zero-order chi connectivity index (χ0) is 15.7.